The third-order valence-electron chi connectivity index (χ3n) is 5.95. The quantitative estimate of drug-likeness (QED) is 0.230. The van der Waals surface area contributed by atoms with E-state index in [2.05, 4.69) is 13.0 Å². The number of hydrogen-bond donors (Lipinski definition) is 1. The van der Waals surface area contributed by atoms with Crippen LogP contribution in [0.15, 0.2) is 72.1 Å². The molecule has 0 aromatic heterocycles. The molecular formula is C30H30N2O5. The van der Waals surface area contributed by atoms with Gasteiger partial charge in [-0.25, -0.2) is 4.79 Å². The molecule has 0 saturated heterocycles. The minimum absolute atomic E-state index is 0.0184. The molecule has 0 saturated carbocycles. The number of fused-ring (bicyclic) bond motifs is 1. The molecule has 1 aliphatic heterocycles. The molecule has 3 aromatic carbocycles. The van der Waals surface area contributed by atoms with E-state index in [0.717, 1.165) is 40.8 Å². The summed E-state index contributed by atoms with van der Waals surface area (Å²) in [6.45, 7) is 6.46. The Morgan fingerprint density at radius 1 is 0.973 bits per heavy atom. The van der Waals surface area contributed by atoms with Gasteiger partial charge in [-0.2, -0.15) is 5.26 Å². The van der Waals surface area contributed by atoms with E-state index in [4.69, 9.17) is 24.7 Å². The number of ether oxygens (including phenoxy) is 4. The second kappa shape index (κ2) is 11.5. The van der Waals surface area contributed by atoms with Crippen molar-refractivity contribution in [3.63, 3.8) is 0 Å². The molecule has 1 atom stereocenters. The Kier molecular flexibility index (Phi) is 7.99. The number of benzene rings is 3. The highest BCUT2D eigenvalue weighted by molar-refractivity contribution is 5.74. The Bertz CT molecular complexity index is 1340. The summed E-state index contributed by atoms with van der Waals surface area (Å²) in [6.07, 6.45) is 2.04. The molecule has 0 aliphatic carbocycles. The van der Waals surface area contributed by atoms with Crippen molar-refractivity contribution in [3.05, 3.63) is 94.4 Å². The first-order chi connectivity index (χ1) is 17.9. The standard InChI is InChI=1S/C30H30N2O5/c1-4-5-12-34-22-8-6-21(7-9-22)29-25-11-10-23(16-27(25)37-30(32)26(29)17-31)36-28(33)18-35-24-14-19(2)13-20(3)15-24/h6-11,13-16,29H,4-5,12,18,32H2,1-3H3. The predicted octanol–water partition coefficient (Wildman–Crippen LogP) is 5.68. The van der Waals surface area contributed by atoms with Crippen LogP contribution in [0.2, 0.25) is 0 Å². The molecule has 7 heteroatoms. The van der Waals surface area contributed by atoms with E-state index in [-0.39, 0.29) is 12.5 Å². The van der Waals surface area contributed by atoms with Crippen LogP contribution in [0.3, 0.4) is 0 Å². The molecule has 190 valence electrons. The van der Waals surface area contributed by atoms with Crippen LogP contribution in [0.1, 0.15) is 47.9 Å². The van der Waals surface area contributed by atoms with Gasteiger partial charge in [-0.3, -0.25) is 0 Å². The van der Waals surface area contributed by atoms with E-state index < -0.39 is 11.9 Å². The van der Waals surface area contributed by atoms with Gasteiger partial charge in [0.1, 0.15) is 34.6 Å². The fourth-order valence-electron chi connectivity index (χ4n) is 4.25. The third-order valence-corrected chi connectivity index (χ3v) is 5.95. The number of nitrogens with zero attached hydrogens (tertiary/aromatic N) is 1. The third kappa shape index (κ3) is 6.22. The van der Waals surface area contributed by atoms with Crippen LogP contribution in [0, 0.1) is 25.2 Å². The van der Waals surface area contributed by atoms with E-state index in [1.165, 1.54) is 0 Å². The SMILES string of the molecule is CCCCOc1ccc(C2C(C#N)=C(N)Oc3cc(OC(=O)COc4cc(C)cc(C)c4)ccc32)cc1. The number of esters is 1. The smallest absolute Gasteiger partial charge is 0.349 e. The van der Waals surface area contributed by atoms with Crippen molar-refractivity contribution in [1.82, 2.24) is 0 Å². The Morgan fingerprint density at radius 2 is 1.68 bits per heavy atom. The molecule has 0 spiro atoms. The molecule has 0 radical (unpaired) electrons. The summed E-state index contributed by atoms with van der Waals surface area (Å²) in [6, 6.07) is 20.6. The minimum Gasteiger partial charge on any atom is -0.494 e. The first-order valence-corrected chi connectivity index (χ1v) is 12.2. The van der Waals surface area contributed by atoms with E-state index in [0.29, 0.717) is 29.4 Å². The first kappa shape index (κ1) is 25.6. The highest BCUT2D eigenvalue weighted by Gasteiger charge is 2.31. The summed E-state index contributed by atoms with van der Waals surface area (Å²) in [5, 5.41) is 9.80. The maximum absolute atomic E-state index is 12.4. The lowest BCUT2D eigenvalue weighted by atomic mass is 9.83. The van der Waals surface area contributed by atoms with Crippen LogP contribution in [0.4, 0.5) is 0 Å². The van der Waals surface area contributed by atoms with Crippen molar-refractivity contribution < 1.29 is 23.7 Å². The summed E-state index contributed by atoms with van der Waals surface area (Å²) in [5.74, 6) is 1.14. The van der Waals surface area contributed by atoms with Crippen molar-refractivity contribution in [2.75, 3.05) is 13.2 Å². The maximum atomic E-state index is 12.4. The van der Waals surface area contributed by atoms with Gasteiger partial charge in [-0.1, -0.05) is 37.6 Å². The summed E-state index contributed by atoms with van der Waals surface area (Å²) in [5.41, 5.74) is 10.1. The van der Waals surface area contributed by atoms with Gasteiger partial charge in [-0.15, -0.1) is 0 Å². The van der Waals surface area contributed by atoms with Crippen LogP contribution >= 0.6 is 0 Å². The van der Waals surface area contributed by atoms with E-state index in [1.807, 2.05) is 56.3 Å². The second-order valence-electron chi connectivity index (χ2n) is 8.98. The summed E-state index contributed by atoms with van der Waals surface area (Å²) >= 11 is 0. The van der Waals surface area contributed by atoms with E-state index in [1.54, 1.807) is 18.2 Å². The largest absolute Gasteiger partial charge is 0.494 e. The zero-order valence-electron chi connectivity index (χ0n) is 21.2. The van der Waals surface area contributed by atoms with Gasteiger partial charge in [0.2, 0.25) is 5.88 Å². The van der Waals surface area contributed by atoms with E-state index >= 15 is 0 Å². The van der Waals surface area contributed by atoms with Gasteiger partial charge in [0.05, 0.1) is 12.5 Å². The molecular weight excluding hydrogens is 468 g/mol. The molecule has 7 nitrogen and oxygen atoms in total. The number of carbonyl (C=O) groups excluding carboxylic acids is 1. The van der Waals surface area contributed by atoms with Crippen LogP contribution in [0.25, 0.3) is 0 Å². The molecule has 0 bridgehead atoms. The number of nitriles is 1. The molecule has 37 heavy (non-hydrogen) atoms. The highest BCUT2D eigenvalue weighted by Crippen LogP contribution is 2.43. The zero-order valence-corrected chi connectivity index (χ0v) is 21.2. The number of carbonyl (C=O) groups is 1. The van der Waals surface area contributed by atoms with Crippen molar-refractivity contribution >= 4 is 5.97 Å². The van der Waals surface area contributed by atoms with Gasteiger partial charge in [0.15, 0.2) is 6.61 Å². The van der Waals surface area contributed by atoms with Gasteiger partial charge < -0.3 is 24.7 Å². The Labute approximate surface area is 217 Å². The number of allylic oxidation sites excluding steroid dienone is 1. The minimum atomic E-state index is -0.550. The number of rotatable bonds is 9. The number of hydrogen-bond acceptors (Lipinski definition) is 7. The summed E-state index contributed by atoms with van der Waals surface area (Å²) in [4.78, 5) is 12.4. The maximum Gasteiger partial charge on any atom is 0.349 e. The lowest BCUT2D eigenvalue weighted by Gasteiger charge is -2.26. The van der Waals surface area contributed by atoms with Crippen LogP contribution in [-0.4, -0.2) is 19.2 Å². The topological polar surface area (TPSA) is 104 Å². The van der Waals surface area contributed by atoms with Crippen LogP contribution in [0.5, 0.6) is 23.0 Å². The molecule has 0 amide bonds. The Balaban J connectivity index is 1.50. The number of unbranched alkanes of at least 4 members (excludes halogenated alkanes) is 1. The predicted molar refractivity (Wildman–Crippen MR) is 140 cm³/mol. The summed E-state index contributed by atoms with van der Waals surface area (Å²) < 4.78 is 22.6. The Hall–Kier alpha value is -4.44. The van der Waals surface area contributed by atoms with Gasteiger partial charge in [0.25, 0.3) is 0 Å². The lowest BCUT2D eigenvalue weighted by molar-refractivity contribution is -0.136. The van der Waals surface area contributed by atoms with Gasteiger partial charge in [0, 0.05) is 11.6 Å². The lowest BCUT2D eigenvalue weighted by Crippen LogP contribution is -2.21. The molecule has 1 heterocycles. The average Bonchev–Trinajstić information content (AvgIpc) is 2.87. The monoisotopic (exact) mass is 498 g/mol. The Morgan fingerprint density at radius 3 is 2.35 bits per heavy atom. The molecule has 3 aromatic rings. The summed E-state index contributed by atoms with van der Waals surface area (Å²) in [7, 11) is 0. The highest BCUT2D eigenvalue weighted by atomic mass is 16.6. The van der Waals surface area contributed by atoms with Crippen LogP contribution in [-0.2, 0) is 4.79 Å². The second-order valence-corrected chi connectivity index (χ2v) is 8.98. The molecule has 4 rings (SSSR count). The first-order valence-electron chi connectivity index (χ1n) is 12.2. The zero-order chi connectivity index (χ0) is 26.4. The normalized spacial score (nSPS) is 14.3. The fraction of sp³-hybridized carbons (Fsp3) is 0.267. The van der Waals surface area contributed by atoms with Crippen molar-refractivity contribution in [3.8, 4) is 29.1 Å². The van der Waals surface area contributed by atoms with Crippen LogP contribution < -0.4 is 24.7 Å². The fourth-order valence-corrected chi connectivity index (χ4v) is 4.25. The number of aryl methyl sites for hydroxylation is 2. The van der Waals surface area contributed by atoms with E-state index in [9.17, 15) is 10.1 Å². The van der Waals surface area contributed by atoms with Crippen molar-refractivity contribution in [1.29, 1.82) is 5.26 Å². The molecule has 1 unspecified atom stereocenters. The molecule has 0 fully saturated rings. The average molecular weight is 499 g/mol. The van der Waals surface area contributed by atoms with Crippen molar-refractivity contribution in [2.24, 2.45) is 5.73 Å². The molecule has 1 aliphatic rings. The van der Waals surface area contributed by atoms with Gasteiger partial charge >= 0.3 is 5.97 Å². The molecule has 2 N–H and O–H groups in total. The van der Waals surface area contributed by atoms with Gasteiger partial charge in [-0.05, 0) is 67.3 Å². The number of nitrogens with two attached hydrogens (primary N) is 1. The van der Waals surface area contributed by atoms with Crippen molar-refractivity contribution in [2.45, 2.75) is 39.5 Å².